The molecular formula is C12H16BrFO3S. The van der Waals surface area contributed by atoms with Gasteiger partial charge in [0.1, 0.15) is 18.2 Å². The molecule has 0 unspecified atom stereocenters. The van der Waals surface area contributed by atoms with Crippen molar-refractivity contribution >= 4 is 25.8 Å². The molecule has 3 nitrogen and oxygen atoms in total. The molecule has 0 aliphatic rings. The second-order valence-electron chi connectivity index (χ2n) is 4.85. The number of sulfone groups is 1. The highest BCUT2D eigenvalue weighted by atomic mass is 79.9. The Morgan fingerprint density at radius 2 is 1.94 bits per heavy atom. The average molecular weight is 339 g/mol. The second-order valence-corrected chi connectivity index (χ2v) is 8.57. The molecule has 1 rings (SSSR count). The Morgan fingerprint density at radius 1 is 1.33 bits per heavy atom. The third-order valence-electron chi connectivity index (χ3n) is 2.44. The van der Waals surface area contributed by atoms with Crippen molar-refractivity contribution in [2.75, 3.05) is 12.4 Å². The van der Waals surface area contributed by atoms with Crippen molar-refractivity contribution < 1.29 is 17.5 Å². The molecule has 18 heavy (non-hydrogen) atoms. The van der Waals surface area contributed by atoms with Crippen LogP contribution in [-0.2, 0) is 9.84 Å². The predicted octanol–water partition coefficient (Wildman–Crippen LogP) is 3.18. The first kappa shape index (κ1) is 15.4. The van der Waals surface area contributed by atoms with E-state index in [2.05, 4.69) is 15.9 Å². The van der Waals surface area contributed by atoms with E-state index in [9.17, 15) is 12.8 Å². The number of hydrogen-bond donors (Lipinski definition) is 0. The van der Waals surface area contributed by atoms with Crippen molar-refractivity contribution in [1.29, 1.82) is 0 Å². The van der Waals surface area contributed by atoms with Gasteiger partial charge in [-0.05, 0) is 48.8 Å². The summed E-state index contributed by atoms with van der Waals surface area (Å²) in [6.45, 7) is 4.92. The van der Waals surface area contributed by atoms with Gasteiger partial charge in [-0.3, -0.25) is 0 Å². The van der Waals surface area contributed by atoms with Gasteiger partial charge in [0.05, 0.1) is 15.0 Å². The van der Waals surface area contributed by atoms with E-state index in [1.807, 2.05) is 0 Å². The van der Waals surface area contributed by atoms with Gasteiger partial charge in [0.2, 0.25) is 0 Å². The van der Waals surface area contributed by atoms with Crippen LogP contribution in [0.4, 0.5) is 4.39 Å². The molecule has 102 valence electrons. The van der Waals surface area contributed by atoms with Gasteiger partial charge in [-0.15, -0.1) is 0 Å². The van der Waals surface area contributed by atoms with Gasteiger partial charge in [0, 0.05) is 6.07 Å². The van der Waals surface area contributed by atoms with E-state index in [-0.39, 0.29) is 12.4 Å². The molecule has 0 saturated heterocycles. The summed E-state index contributed by atoms with van der Waals surface area (Å²) in [5, 5.41) is 0. The molecular weight excluding hydrogens is 323 g/mol. The lowest BCUT2D eigenvalue weighted by Gasteiger charge is -2.19. The zero-order valence-electron chi connectivity index (χ0n) is 10.5. The summed E-state index contributed by atoms with van der Waals surface area (Å²) >= 11 is 3.21. The topological polar surface area (TPSA) is 43.4 Å². The molecule has 1 aromatic rings. The van der Waals surface area contributed by atoms with Gasteiger partial charge in [0.15, 0.2) is 9.84 Å². The molecule has 0 atom stereocenters. The molecule has 1 aromatic carbocycles. The second kappa shape index (κ2) is 5.57. The van der Waals surface area contributed by atoms with Crippen molar-refractivity contribution in [2.45, 2.75) is 25.5 Å². The summed E-state index contributed by atoms with van der Waals surface area (Å²) in [4.78, 5) is 0. The largest absolute Gasteiger partial charge is 0.491 e. The Morgan fingerprint density at radius 3 is 2.50 bits per heavy atom. The molecule has 0 saturated carbocycles. The van der Waals surface area contributed by atoms with Crippen molar-refractivity contribution in [3.05, 3.63) is 28.5 Å². The minimum absolute atomic E-state index is 0.00164. The summed E-state index contributed by atoms with van der Waals surface area (Å²) < 4.78 is 41.7. The van der Waals surface area contributed by atoms with Crippen LogP contribution in [0.15, 0.2) is 22.7 Å². The van der Waals surface area contributed by atoms with Gasteiger partial charge in [0.25, 0.3) is 0 Å². The first-order valence-corrected chi connectivity index (χ1v) is 7.88. The van der Waals surface area contributed by atoms with Crippen LogP contribution in [0.25, 0.3) is 0 Å². The molecule has 0 aliphatic heterocycles. The van der Waals surface area contributed by atoms with E-state index in [1.165, 1.54) is 18.2 Å². The van der Waals surface area contributed by atoms with E-state index in [1.54, 1.807) is 20.8 Å². The van der Waals surface area contributed by atoms with E-state index in [0.29, 0.717) is 10.2 Å². The number of benzene rings is 1. The fourth-order valence-electron chi connectivity index (χ4n) is 1.16. The minimum Gasteiger partial charge on any atom is -0.491 e. The smallest absolute Gasteiger partial charge is 0.158 e. The van der Waals surface area contributed by atoms with Crippen molar-refractivity contribution in [3.8, 4) is 5.75 Å². The zero-order valence-corrected chi connectivity index (χ0v) is 12.9. The van der Waals surface area contributed by atoms with E-state index < -0.39 is 20.4 Å². The lowest BCUT2D eigenvalue weighted by atomic mass is 10.3. The monoisotopic (exact) mass is 338 g/mol. The van der Waals surface area contributed by atoms with Crippen LogP contribution in [0, 0.1) is 5.82 Å². The molecule has 0 aromatic heterocycles. The van der Waals surface area contributed by atoms with Crippen LogP contribution in [0.3, 0.4) is 0 Å². The minimum atomic E-state index is -3.22. The maximum atomic E-state index is 13.0. The number of hydrogen-bond acceptors (Lipinski definition) is 3. The van der Waals surface area contributed by atoms with Gasteiger partial charge in [-0.2, -0.15) is 0 Å². The molecule has 0 aliphatic carbocycles. The fourth-order valence-corrected chi connectivity index (χ4v) is 2.43. The van der Waals surface area contributed by atoms with Crippen molar-refractivity contribution in [1.82, 2.24) is 0 Å². The van der Waals surface area contributed by atoms with Crippen LogP contribution >= 0.6 is 15.9 Å². The normalized spacial score (nSPS) is 12.5. The summed E-state index contributed by atoms with van der Waals surface area (Å²) in [7, 11) is -3.22. The fraction of sp³-hybridized carbons (Fsp3) is 0.500. The average Bonchev–Trinajstić information content (AvgIpc) is 2.21. The van der Waals surface area contributed by atoms with Crippen LogP contribution < -0.4 is 4.74 Å². The highest BCUT2D eigenvalue weighted by Crippen LogP contribution is 2.25. The van der Waals surface area contributed by atoms with Gasteiger partial charge < -0.3 is 4.74 Å². The van der Waals surface area contributed by atoms with Crippen LogP contribution in [0.1, 0.15) is 20.8 Å². The maximum Gasteiger partial charge on any atom is 0.158 e. The molecule has 0 bridgehead atoms. The van der Waals surface area contributed by atoms with E-state index >= 15 is 0 Å². The predicted molar refractivity (Wildman–Crippen MR) is 73.1 cm³/mol. The van der Waals surface area contributed by atoms with Crippen LogP contribution in [-0.4, -0.2) is 25.5 Å². The highest BCUT2D eigenvalue weighted by Gasteiger charge is 2.28. The number of halogens is 2. The molecule has 0 radical (unpaired) electrons. The first-order valence-electron chi connectivity index (χ1n) is 5.43. The lowest BCUT2D eigenvalue weighted by molar-refractivity contribution is 0.335. The molecule has 0 amide bonds. The van der Waals surface area contributed by atoms with Crippen molar-refractivity contribution in [3.63, 3.8) is 0 Å². The third kappa shape index (κ3) is 3.95. The SMILES string of the molecule is CC(C)(C)S(=O)(=O)CCOc1cc(F)ccc1Br. The molecule has 0 N–H and O–H groups in total. The highest BCUT2D eigenvalue weighted by molar-refractivity contribution is 9.10. The zero-order chi connectivity index (χ0) is 14.0. The maximum absolute atomic E-state index is 13.0. The molecule has 0 spiro atoms. The number of ether oxygens (including phenoxy) is 1. The van der Waals surface area contributed by atoms with Gasteiger partial charge in [-0.25, -0.2) is 12.8 Å². The third-order valence-corrected chi connectivity index (χ3v) is 5.66. The van der Waals surface area contributed by atoms with E-state index in [4.69, 9.17) is 4.74 Å². The summed E-state index contributed by atoms with van der Waals surface area (Å²) in [6, 6.07) is 4.03. The van der Waals surface area contributed by atoms with Gasteiger partial charge in [-0.1, -0.05) is 0 Å². The lowest BCUT2D eigenvalue weighted by Crippen LogP contribution is -2.32. The van der Waals surface area contributed by atoms with E-state index in [0.717, 1.165) is 0 Å². The standard InChI is InChI=1S/C12H16BrFO3S/c1-12(2,3)18(15,16)7-6-17-11-8-9(14)4-5-10(11)13/h4-5,8H,6-7H2,1-3H3. The Bertz CT molecular complexity index is 521. The Hall–Kier alpha value is -0.620. The molecule has 0 fully saturated rings. The van der Waals surface area contributed by atoms with Gasteiger partial charge >= 0.3 is 0 Å². The Kier molecular flexibility index (Phi) is 4.78. The summed E-state index contributed by atoms with van der Waals surface area (Å²) in [5.74, 6) is -0.217. The molecule has 6 heteroatoms. The quantitative estimate of drug-likeness (QED) is 0.846. The van der Waals surface area contributed by atoms with Crippen LogP contribution in [0.5, 0.6) is 5.75 Å². The van der Waals surface area contributed by atoms with Crippen molar-refractivity contribution in [2.24, 2.45) is 0 Å². The van der Waals surface area contributed by atoms with Crippen LogP contribution in [0.2, 0.25) is 0 Å². The summed E-state index contributed by atoms with van der Waals surface area (Å²) in [5.41, 5.74) is 0. The summed E-state index contributed by atoms with van der Waals surface area (Å²) in [6.07, 6.45) is 0. The number of rotatable bonds is 4. The Balaban J connectivity index is 2.65. The first-order chi connectivity index (χ1) is 8.13. The Labute approximate surface area is 115 Å². The molecule has 0 heterocycles.